The largest absolute Gasteiger partial charge is 0.398 e. The quantitative estimate of drug-likeness (QED) is 0.801. The molecule has 4 N–H and O–H groups in total. The molecule has 2 atom stereocenters. The van der Waals surface area contributed by atoms with Gasteiger partial charge in [-0.2, -0.15) is 16.1 Å². The fourth-order valence-corrected chi connectivity index (χ4v) is 5.40. The van der Waals surface area contributed by atoms with E-state index in [-0.39, 0.29) is 27.4 Å². The minimum atomic E-state index is -3.67. The first kappa shape index (κ1) is 16.1. The van der Waals surface area contributed by atoms with Crippen molar-refractivity contribution in [3.8, 4) is 0 Å². The number of nitrogens with two attached hydrogens (primary N) is 2. The molecule has 1 heterocycles. The van der Waals surface area contributed by atoms with Crippen LogP contribution in [0.25, 0.3) is 0 Å². The monoisotopic (exact) mass is 329 g/mol. The van der Waals surface area contributed by atoms with Gasteiger partial charge < -0.3 is 11.5 Å². The van der Waals surface area contributed by atoms with Crippen LogP contribution in [0.2, 0.25) is 0 Å². The molecule has 1 aliphatic rings. The highest BCUT2D eigenvalue weighted by atomic mass is 32.2. The van der Waals surface area contributed by atoms with E-state index in [2.05, 4.69) is 0 Å². The molecule has 1 amide bonds. The van der Waals surface area contributed by atoms with Crippen LogP contribution in [0.3, 0.4) is 0 Å². The van der Waals surface area contributed by atoms with E-state index in [9.17, 15) is 13.2 Å². The number of thioether (sulfide) groups is 1. The Bertz CT molecular complexity index is 661. The number of hydrogen-bond acceptors (Lipinski definition) is 5. The van der Waals surface area contributed by atoms with Crippen molar-refractivity contribution in [2.24, 2.45) is 5.73 Å². The van der Waals surface area contributed by atoms with Crippen molar-refractivity contribution in [1.82, 2.24) is 4.31 Å². The van der Waals surface area contributed by atoms with E-state index in [1.54, 1.807) is 11.8 Å². The summed E-state index contributed by atoms with van der Waals surface area (Å²) in [5.74, 6) is 0.117. The van der Waals surface area contributed by atoms with Gasteiger partial charge >= 0.3 is 0 Å². The highest BCUT2D eigenvalue weighted by Gasteiger charge is 2.35. The molecule has 0 bridgehead atoms. The van der Waals surface area contributed by atoms with E-state index in [1.165, 1.54) is 22.5 Å². The highest BCUT2D eigenvalue weighted by molar-refractivity contribution is 8.00. The lowest BCUT2D eigenvalue weighted by Crippen LogP contribution is -2.47. The molecule has 116 valence electrons. The van der Waals surface area contributed by atoms with Gasteiger partial charge in [0.2, 0.25) is 15.9 Å². The Morgan fingerprint density at radius 3 is 2.62 bits per heavy atom. The predicted octanol–water partition coefficient (Wildman–Crippen LogP) is 0.882. The molecular weight excluding hydrogens is 310 g/mol. The molecule has 0 aliphatic carbocycles. The minimum Gasteiger partial charge on any atom is -0.398 e. The lowest BCUT2D eigenvalue weighted by Gasteiger charge is -2.36. The molecule has 1 aromatic rings. The van der Waals surface area contributed by atoms with Crippen LogP contribution < -0.4 is 11.5 Å². The number of carbonyl (C=O) groups excluding carboxylic acids is 1. The fourth-order valence-electron chi connectivity index (χ4n) is 2.31. The van der Waals surface area contributed by atoms with Gasteiger partial charge in [-0.25, -0.2) is 8.42 Å². The summed E-state index contributed by atoms with van der Waals surface area (Å²) in [4.78, 5) is 11.1. The third-order valence-corrected chi connectivity index (χ3v) is 7.11. The number of anilines is 1. The zero-order chi connectivity index (χ0) is 15.8. The van der Waals surface area contributed by atoms with E-state index in [0.29, 0.717) is 6.54 Å². The number of primary amides is 1. The lowest BCUT2D eigenvalue weighted by atomic mass is 10.2. The fraction of sp³-hybridized carbons (Fsp3) is 0.462. The maximum absolute atomic E-state index is 12.8. The molecule has 6 nitrogen and oxygen atoms in total. The van der Waals surface area contributed by atoms with Crippen molar-refractivity contribution in [3.05, 3.63) is 23.8 Å². The first-order valence-corrected chi connectivity index (χ1v) is 9.07. The zero-order valence-electron chi connectivity index (χ0n) is 11.9. The van der Waals surface area contributed by atoms with Crippen molar-refractivity contribution in [1.29, 1.82) is 0 Å². The molecule has 2 unspecified atom stereocenters. The third-order valence-electron chi connectivity index (χ3n) is 3.71. The van der Waals surface area contributed by atoms with Gasteiger partial charge in [-0.05, 0) is 25.1 Å². The number of benzene rings is 1. The van der Waals surface area contributed by atoms with Crippen molar-refractivity contribution in [2.75, 3.05) is 18.0 Å². The van der Waals surface area contributed by atoms with Gasteiger partial charge in [0, 0.05) is 29.2 Å². The second kappa shape index (κ2) is 5.86. The summed E-state index contributed by atoms with van der Waals surface area (Å²) in [6, 6.07) is 3.94. The average Bonchev–Trinajstić information content (AvgIpc) is 2.41. The second-order valence-electron chi connectivity index (χ2n) is 5.05. The number of amides is 1. The van der Waals surface area contributed by atoms with Crippen molar-refractivity contribution >= 4 is 33.4 Å². The minimum absolute atomic E-state index is 0.0263. The molecular formula is C13H19N3O3S2. The van der Waals surface area contributed by atoms with E-state index in [1.807, 2.05) is 13.8 Å². The molecule has 1 aromatic carbocycles. The van der Waals surface area contributed by atoms with E-state index >= 15 is 0 Å². The van der Waals surface area contributed by atoms with Crippen LogP contribution in [0.5, 0.6) is 0 Å². The summed E-state index contributed by atoms with van der Waals surface area (Å²) in [6.07, 6.45) is 0. The van der Waals surface area contributed by atoms with Gasteiger partial charge in [0.25, 0.3) is 0 Å². The second-order valence-corrected chi connectivity index (χ2v) is 8.39. The summed E-state index contributed by atoms with van der Waals surface area (Å²) < 4.78 is 27.0. The SMILES string of the molecule is CC1SCCN(S(=O)(=O)c2ccc(C(N)=O)cc2N)C1C. The van der Waals surface area contributed by atoms with Crippen LogP contribution in [0.15, 0.2) is 23.1 Å². The van der Waals surface area contributed by atoms with Gasteiger partial charge in [0.1, 0.15) is 4.90 Å². The van der Waals surface area contributed by atoms with Crippen molar-refractivity contribution < 1.29 is 13.2 Å². The van der Waals surface area contributed by atoms with Gasteiger partial charge in [-0.3, -0.25) is 4.79 Å². The Morgan fingerprint density at radius 1 is 1.38 bits per heavy atom. The van der Waals surface area contributed by atoms with Crippen molar-refractivity contribution in [3.63, 3.8) is 0 Å². The molecule has 0 radical (unpaired) electrons. The molecule has 21 heavy (non-hydrogen) atoms. The van der Waals surface area contributed by atoms with Gasteiger partial charge in [-0.15, -0.1) is 0 Å². The molecule has 0 aromatic heterocycles. The Hall–Kier alpha value is -1.25. The maximum atomic E-state index is 12.8. The number of sulfonamides is 1. The van der Waals surface area contributed by atoms with Crippen LogP contribution in [0.1, 0.15) is 24.2 Å². The Balaban J connectivity index is 2.42. The zero-order valence-corrected chi connectivity index (χ0v) is 13.6. The molecule has 0 spiro atoms. The third kappa shape index (κ3) is 3.02. The summed E-state index contributed by atoms with van der Waals surface area (Å²) >= 11 is 1.75. The van der Waals surface area contributed by atoms with Gasteiger partial charge in [0.05, 0.1) is 5.69 Å². The smallest absolute Gasteiger partial charge is 0.248 e. The number of carbonyl (C=O) groups is 1. The molecule has 0 saturated carbocycles. The number of nitrogen functional groups attached to an aromatic ring is 1. The number of hydrogen-bond donors (Lipinski definition) is 2. The molecule has 1 fully saturated rings. The molecule has 1 saturated heterocycles. The summed E-state index contributed by atoms with van der Waals surface area (Å²) in [5.41, 5.74) is 11.2. The highest BCUT2D eigenvalue weighted by Crippen LogP contribution is 2.31. The van der Waals surface area contributed by atoms with Gasteiger partial charge in [-0.1, -0.05) is 6.92 Å². The maximum Gasteiger partial charge on any atom is 0.248 e. The lowest BCUT2D eigenvalue weighted by molar-refractivity contribution is 0.1000. The topological polar surface area (TPSA) is 106 Å². The molecule has 2 rings (SSSR count). The summed E-state index contributed by atoms with van der Waals surface area (Å²) in [5, 5.41) is 0.222. The van der Waals surface area contributed by atoms with E-state index < -0.39 is 15.9 Å². The van der Waals surface area contributed by atoms with E-state index in [4.69, 9.17) is 11.5 Å². The van der Waals surface area contributed by atoms with Gasteiger partial charge in [0.15, 0.2) is 0 Å². The summed E-state index contributed by atoms with van der Waals surface area (Å²) in [6.45, 7) is 4.36. The van der Waals surface area contributed by atoms with Crippen molar-refractivity contribution in [2.45, 2.75) is 30.0 Å². The Labute approximate surface area is 128 Å². The first-order chi connectivity index (χ1) is 9.75. The van der Waals surface area contributed by atoms with Crippen LogP contribution in [0.4, 0.5) is 5.69 Å². The van der Waals surface area contributed by atoms with Crippen LogP contribution in [-0.4, -0.2) is 42.2 Å². The summed E-state index contributed by atoms with van der Waals surface area (Å²) in [7, 11) is -3.67. The van der Waals surface area contributed by atoms with Crippen LogP contribution >= 0.6 is 11.8 Å². The number of rotatable bonds is 3. The molecule has 8 heteroatoms. The van der Waals surface area contributed by atoms with Crippen LogP contribution in [-0.2, 0) is 10.0 Å². The predicted molar refractivity (Wildman–Crippen MR) is 84.6 cm³/mol. The number of nitrogens with zero attached hydrogens (tertiary/aromatic N) is 1. The Morgan fingerprint density at radius 2 is 2.05 bits per heavy atom. The standard InChI is InChI=1S/C13H19N3O3S2/c1-8-9(2)20-6-5-16(8)21(18,19)12-4-3-10(13(15)17)7-11(12)14/h3-4,7-9H,5-6,14H2,1-2H3,(H2,15,17). The average molecular weight is 329 g/mol. The first-order valence-electron chi connectivity index (χ1n) is 6.58. The normalized spacial score (nSPS) is 23.9. The van der Waals surface area contributed by atoms with Crippen LogP contribution in [0, 0.1) is 0 Å². The molecule has 1 aliphatic heterocycles. The Kier molecular flexibility index (Phi) is 4.50. The van der Waals surface area contributed by atoms with E-state index in [0.717, 1.165) is 5.75 Å².